The molecule has 1 N–H and O–H groups in total. The summed E-state index contributed by atoms with van der Waals surface area (Å²) in [6.07, 6.45) is 0.819. The molecule has 1 aromatic rings. The minimum atomic E-state index is -0.271. The normalized spacial score (nSPS) is 10.7. The number of hydrogen-bond donors (Lipinski definition) is 1. The van der Waals surface area contributed by atoms with E-state index in [2.05, 4.69) is 5.32 Å². The van der Waals surface area contributed by atoms with Crippen molar-refractivity contribution in [1.82, 2.24) is 5.32 Å². The van der Waals surface area contributed by atoms with Gasteiger partial charge in [0.15, 0.2) is 6.61 Å². The van der Waals surface area contributed by atoms with E-state index in [9.17, 15) is 4.79 Å². The van der Waals surface area contributed by atoms with Gasteiger partial charge in [-0.3, -0.25) is 4.79 Å². The van der Waals surface area contributed by atoms with E-state index in [-0.39, 0.29) is 23.6 Å². The lowest BCUT2D eigenvalue weighted by molar-refractivity contribution is -0.124. The van der Waals surface area contributed by atoms with Crippen LogP contribution in [0.1, 0.15) is 32.8 Å². The van der Waals surface area contributed by atoms with Crippen LogP contribution < -0.4 is 10.1 Å². The van der Waals surface area contributed by atoms with Crippen LogP contribution in [0.3, 0.4) is 0 Å². The van der Waals surface area contributed by atoms with E-state index in [1.54, 1.807) is 18.2 Å². The van der Waals surface area contributed by atoms with Gasteiger partial charge in [-0.1, -0.05) is 24.6 Å². The molecule has 5 heteroatoms. The second-order valence-corrected chi connectivity index (χ2v) is 5.21. The molecule has 0 bridgehead atoms. The summed E-state index contributed by atoms with van der Waals surface area (Å²) >= 11 is 5.87. The highest BCUT2D eigenvalue weighted by Gasteiger charge is 2.18. The molecule has 0 spiro atoms. The first-order valence-electron chi connectivity index (χ1n) is 6.02. The smallest absolute Gasteiger partial charge is 0.258 e. The summed E-state index contributed by atoms with van der Waals surface area (Å²) in [5.41, 5.74) is -0.0287. The van der Waals surface area contributed by atoms with Crippen molar-refractivity contribution in [3.05, 3.63) is 28.8 Å². The fourth-order valence-electron chi connectivity index (χ4n) is 1.38. The molecule has 1 amide bonds. The first kappa shape index (κ1) is 15.3. The second-order valence-electron chi connectivity index (χ2n) is 4.80. The number of halogens is 1. The van der Waals surface area contributed by atoms with Crippen molar-refractivity contribution in [2.75, 3.05) is 6.61 Å². The summed E-state index contributed by atoms with van der Waals surface area (Å²) < 4.78 is 5.34. The van der Waals surface area contributed by atoms with Crippen molar-refractivity contribution in [1.29, 1.82) is 5.26 Å². The fourth-order valence-corrected chi connectivity index (χ4v) is 1.59. The Morgan fingerprint density at radius 2 is 2.21 bits per heavy atom. The van der Waals surface area contributed by atoms with Crippen molar-refractivity contribution in [2.24, 2.45) is 0 Å². The third kappa shape index (κ3) is 4.46. The molecule has 0 saturated heterocycles. The monoisotopic (exact) mass is 280 g/mol. The Labute approximate surface area is 118 Å². The van der Waals surface area contributed by atoms with Crippen LogP contribution in [0.2, 0.25) is 5.02 Å². The zero-order valence-electron chi connectivity index (χ0n) is 11.3. The highest BCUT2D eigenvalue weighted by atomic mass is 35.5. The van der Waals surface area contributed by atoms with Gasteiger partial charge in [0.2, 0.25) is 0 Å². The highest BCUT2D eigenvalue weighted by Crippen LogP contribution is 2.25. The molecule has 0 saturated carbocycles. The average molecular weight is 281 g/mol. The molecule has 0 heterocycles. The molecule has 0 fully saturated rings. The molecular formula is C14H17ClN2O2. The number of nitrogens with zero attached hydrogens (tertiary/aromatic N) is 1. The summed E-state index contributed by atoms with van der Waals surface area (Å²) in [6, 6.07) is 6.85. The van der Waals surface area contributed by atoms with Crippen LogP contribution in [-0.4, -0.2) is 18.1 Å². The van der Waals surface area contributed by atoms with E-state index in [1.807, 2.05) is 26.8 Å². The van der Waals surface area contributed by atoms with Crippen LogP contribution in [-0.2, 0) is 4.79 Å². The molecule has 1 rings (SSSR count). The Bertz CT molecular complexity index is 507. The number of nitrogens with one attached hydrogen (secondary N) is 1. The summed E-state index contributed by atoms with van der Waals surface area (Å²) in [4.78, 5) is 11.7. The van der Waals surface area contributed by atoms with Gasteiger partial charge in [0, 0.05) is 5.54 Å². The van der Waals surface area contributed by atoms with Gasteiger partial charge in [0.05, 0.1) is 5.02 Å². The van der Waals surface area contributed by atoms with Crippen molar-refractivity contribution in [3.63, 3.8) is 0 Å². The second kappa shape index (κ2) is 6.44. The Balaban J connectivity index is 2.66. The van der Waals surface area contributed by atoms with Crippen LogP contribution in [0.5, 0.6) is 5.75 Å². The zero-order valence-corrected chi connectivity index (χ0v) is 12.0. The number of benzene rings is 1. The lowest BCUT2D eigenvalue weighted by atomic mass is 10.0. The zero-order chi connectivity index (χ0) is 14.5. The predicted molar refractivity (Wildman–Crippen MR) is 74.2 cm³/mol. The van der Waals surface area contributed by atoms with E-state index in [4.69, 9.17) is 21.6 Å². The minimum absolute atomic E-state index is 0.140. The number of carbonyl (C=O) groups excluding carboxylic acids is 1. The minimum Gasteiger partial charge on any atom is -0.482 e. The standard InChI is InChI=1S/C14H17ClN2O2/c1-4-14(2,3)17-13(18)9-19-12-7-5-6-11(15)10(12)8-16/h5-7H,4,9H2,1-3H3,(H,17,18). The lowest BCUT2D eigenvalue weighted by Gasteiger charge is -2.24. The number of amides is 1. The molecule has 0 aliphatic rings. The molecule has 0 radical (unpaired) electrons. The van der Waals surface area contributed by atoms with Gasteiger partial charge in [-0.05, 0) is 32.4 Å². The molecule has 102 valence electrons. The van der Waals surface area contributed by atoms with Gasteiger partial charge in [-0.2, -0.15) is 5.26 Å². The van der Waals surface area contributed by atoms with E-state index in [0.29, 0.717) is 10.8 Å². The Morgan fingerprint density at radius 3 is 2.79 bits per heavy atom. The molecule has 0 aliphatic heterocycles. The molecule has 19 heavy (non-hydrogen) atoms. The van der Waals surface area contributed by atoms with E-state index < -0.39 is 0 Å². The van der Waals surface area contributed by atoms with Gasteiger partial charge < -0.3 is 10.1 Å². The van der Waals surface area contributed by atoms with E-state index >= 15 is 0 Å². The maximum atomic E-state index is 11.7. The van der Waals surface area contributed by atoms with Crippen LogP contribution in [0.15, 0.2) is 18.2 Å². The quantitative estimate of drug-likeness (QED) is 0.902. The summed E-state index contributed by atoms with van der Waals surface area (Å²) in [7, 11) is 0. The number of rotatable bonds is 5. The SMILES string of the molecule is CCC(C)(C)NC(=O)COc1cccc(Cl)c1C#N. The lowest BCUT2D eigenvalue weighted by Crippen LogP contribution is -2.44. The van der Waals surface area contributed by atoms with Crippen molar-refractivity contribution in [2.45, 2.75) is 32.7 Å². The number of hydrogen-bond acceptors (Lipinski definition) is 3. The van der Waals surface area contributed by atoms with Gasteiger partial charge in [-0.25, -0.2) is 0 Å². The topological polar surface area (TPSA) is 62.1 Å². The molecule has 0 unspecified atom stereocenters. The Hall–Kier alpha value is -1.73. The average Bonchev–Trinajstić information content (AvgIpc) is 2.36. The molecule has 0 atom stereocenters. The summed E-state index contributed by atoms with van der Waals surface area (Å²) in [5.74, 6) is 0.0927. The third-order valence-corrected chi connectivity index (χ3v) is 3.12. The van der Waals surface area contributed by atoms with Crippen LogP contribution in [0.4, 0.5) is 0 Å². The fraction of sp³-hybridized carbons (Fsp3) is 0.429. The van der Waals surface area contributed by atoms with Gasteiger partial charge in [-0.15, -0.1) is 0 Å². The number of ether oxygens (including phenoxy) is 1. The highest BCUT2D eigenvalue weighted by molar-refractivity contribution is 6.31. The van der Waals surface area contributed by atoms with Crippen LogP contribution >= 0.6 is 11.6 Å². The summed E-state index contributed by atoms with van der Waals surface area (Å²) in [5, 5.41) is 12.1. The molecular weight excluding hydrogens is 264 g/mol. The van der Waals surface area contributed by atoms with Crippen LogP contribution in [0, 0.1) is 11.3 Å². The van der Waals surface area contributed by atoms with E-state index in [0.717, 1.165) is 6.42 Å². The first-order valence-corrected chi connectivity index (χ1v) is 6.40. The third-order valence-electron chi connectivity index (χ3n) is 2.81. The van der Waals surface area contributed by atoms with Gasteiger partial charge in [0.1, 0.15) is 17.4 Å². The molecule has 0 aromatic heterocycles. The number of nitriles is 1. The van der Waals surface area contributed by atoms with Crippen LogP contribution in [0.25, 0.3) is 0 Å². The van der Waals surface area contributed by atoms with E-state index in [1.165, 1.54) is 0 Å². The van der Waals surface area contributed by atoms with Gasteiger partial charge in [0.25, 0.3) is 5.91 Å². The molecule has 4 nitrogen and oxygen atoms in total. The van der Waals surface area contributed by atoms with Crippen molar-refractivity contribution >= 4 is 17.5 Å². The maximum Gasteiger partial charge on any atom is 0.258 e. The van der Waals surface area contributed by atoms with Crippen molar-refractivity contribution < 1.29 is 9.53 Å². The first-order chi connectivity index (χ1) is 8.89. The Morgan fingerprint density at radius 1 is 1.53 bits per heavy atom. The van der Waals surface area contributed by atoms with Crippen molar-refractivity contribution in [3.8, 4) is 11.8 Å². The predicted octanol–water partition coefficient (Wildman–Crippen LogP) is 2.90. The molecule has 0 aliphatic carbocycles. The summed E-state index contributed by atoms with van der Waals surface area (Å²) in [6.45, 7) is 5.72. The largest absolute Gasteiger partial charge is 0.482 e. The maximum absolute atomic E-state index is 11.7. The number of carbonyl (C=O) groups is 1. The molecule has 1 aromatic carbocycles. The van der Waals surface area contributed by atoms with Gasteiger partial charge >= 0.3 is 0 Å². The Kier molecular flexibility index (Phi) is 5.20.